The second-order valence-corrected chi connectivity index (χ2v) is 11.2. The molecule has 1 atom stereocenters. The summed E-state index contributed by atoms with van der Waals surface area (Å²) < 4.78 is 25.0. The highest BCUT2D eigenvalue weighted by Crippen LogP contribution is 2.38. The van der Waals surface area contributed by atoms with E-state index in [-0.39, 0.29) is 6.29 Å². The van der Waals surface area contributed by atoms with Gasteiger partial charge in [0.1, 0.15) is 23.8 Å². The molecule has 3 aromatic heterocycles. The van der Waals surface area contributed by atoms with E-state index in [0.717, 1.165) is 39.5 Å². The number of ether oxygens (including phenoxy) is 4. The number of anilines is 3. The molecule has 0 saturated carbocycles. The van der Waals surface area contributed by atoms with Crippen LogP contribution in [-0.2, 0) is 16.1 Å². The van der Waals surface area contributed by atoms with Gasteiger partial charge in [-0.15, -0.1) is 0 Å². The van der Waals surface area contributed by atoms with Gasteiger partial charge in [0.2, 0.25) is 5.95 Å². The van der Waals surface area contributed by atoms with Crippen molar-refractivity contribution in [1.29, 1.82) is 0 Å². The first-order chi connectivity index (χ1) is 23.1. The van der Waals surface area contributed by atoms with E-state index in [9.17, 15) is 0 Å². The summed E-state index contributed by atoms with van der Waals surface area (Å²) in [4.78, 5) is 17.2. The van der Waals surface area contributed by atoms with Crippen LogP contribution < -0.4 is 19.7 Å². The minimum atomic E-state index is -0.383. The average Bonchev–Trinajstić information content (AvgIpc) is 3.51. The van der Waals surface area contributed by atoms with Crippen LogP contribution >= 0.6 is 12.2 Å². The Bertz CT molecular complexity index is 2040. The van der Waals surface area contributed by atoms with Crippen molar-refractivity contribution in [2.45, 2.75) is 12.9 Å². The van der Waals surface area contributed by atoms with E-state index in [2.05, 4.69) is 10.3 Å². The topological polar surface area (TPSA) is 95.3 Å². The predicted octanol–water partition coefficient (Wildman–Crippen LogP) is 6.93. The molecular weight excluding hydrogens is 613 g/mol. The number of imidazole rings is 1. The van der Waals surface area contributed by atoms with Crippen molar-refractivity contribution < 1.29 is 18.9 Å². The number of benzene rings is 3. The summed E-state index contributed by atoms with van der Waals surface area (Å²) in [5, 5.41) is 3.41. The van der Waals surface area contributed by atoms with Gasteiger partial charge in [-0.25, -0.2) is 15.0 Å². The van der Waals surface area contributed by atoms with Crippen molar-refractivity contribution >= 4 is 40.2 Å². The van der Waals surface area contributed by atoms with Crippen LogP contribution in [0.5, 0.6) is 11.5 Å². The third kappa shape index (κ3) is 6.36. The van der Waals surface area contributed by atoms with Crippen LogP contribution in [0.15, 0.2) is 109 Å². The number of hydrogen-bond donors (Lipinski definition) is 1. The monoisotopic (exact) mass is 644 g/mol. The Morgan fingerprint density at radius 3 is 2.60 bits per heavy atom. The Morgan fingerprint density at radius 1 is 0.915 bits per heavy atom. The molecule has 1 fully saturated rings. The number of hydrogen-bond acceptors (Lipinski definition) is 9. The smallest absolute Gasteiger partial charge is 0.227 e. The number of morpholine rings is 1. The zero-order valence-corrected chi connectivity index (χ0v) is 26.7. The van der Waals surface area contributed by atoms with E-state index in [1.54, 1.807) is 20.4 Å². The number of nitrogens with zero attached hydrogens (tertiary/aromatic N) is 5. The normalized spacial score (nSPS) is 14.7. The molecule has 47 heavy (non-hydrogen) atoms. The van der Waals surface area contributed by atoms with Crippen LogP contribution in [0.3, 0.4) is 0 Å². The standard InChI is InChI=1S/C36H32N6O4S/c1-43-30-20-25(15-16-29(30)45-22-24-10-4-3-5-11-24)34-35(41-19-9-8-14-31(41)40-34)27-17-18-37-36(39-27)38-26-12-6-7-13-28(26)42-21-33(44-2)46-23-32(42)47/h3-20,33H,21-23H2,1-2H3,(H,37,38,39). The van der Waals surface area contributed by atoms with Crippen LogP contribution in [0.25, 0.3) is 28.3 Å². The fourth-order valence-electron chi connectivity index (χ4n) is 5.52. The summed E-state index contributed by atoms with van der Waals surface area (Å²) in [5.41, 5.74) is 6.66. The molecule has 6 aromatic rings. The van der Waals surface area contributed by atoms with Gasteiger partial charge in [0.15, 0.2) is 17.8 Å². The maximum Gasteiger partial charge on any atom is 0.227 e. The Morgan fingerprint density at radius 2 is 1.74 bits per heavy atom. The van der Waals surface area contributed by atoms with E-state index in [1.807, 2.05) is 113 Å². The Kier molecular flexibility index (Phi) is 8.74. The molecule has 0 radical (unpaired) electrons. The lowest BCUT2D eigenvalue weighted by Crippen LogP contribution is -2.46. The molecule has 7 rings (SSSR count). The Hall–Kier alpha value is -5.36. The lowest BCUT2D eigenvalue weighted by atomic mass is 10.1. The minimum Gasteiger partial charge on any atom is -0.493 e. The molecule has 236 valence electrons. The number of pyridine rings is 1. The zero-order chi connectivity index (χ0) is 32.2. The maximum atomic E-state index is 6.12. The molecule has 11 heteroatoms. The number of fused-ring (bicyclic) bond motifs is 1. The summed E-state index contributed by atoms with van der Waals surface area (Å²) in [5.74, 6) is 1.69. The van der Waals surface area contributed by atoms with Gasteiger partial charge >= 0.3 is 0 Å². The number of para-hydroxylation sites is 2. The fourth-order valence-corrected chi connectivity index (χ4v) is 5.76. The third-order valence-electron chi connectivity index (χ3n) is 7.83. The van der Waals surface area contributed by atoms with Crippen molar-refractivity contribution in [3.63, 3.8) is 0 Å². The summed E-state index contributed by atoms with van der Waals surface area (Å²) in [6.07, 6.45) is 3.33. The highest BCUT2D eigenvalue weighted by Gasteiger charge is 2.26. The van der Waals surface area contributed by atoms with E-state index < -0.39 is 0 Å². The second-order valence-electron chi connectivity index (χ2n) is 10.8. The quantitative estimate of drug-likeness (QED) is 0.158. The largest absolute Gasteiger partial charge is 0.493 e. The Labute approximate surface area is 277 Å². The fraction of sp³-hybridized carbons (Fsp3) is 0.167. The number of aromatic nitrogens is 4. The van der Waals surface area contributed by atoms with Crippen molar-refractivity contribution in [2.24, 2.45) is 0 Å². The molecule has 1 N–H and O–H groups in total. The van der Waals surface area contributed by atoms with Crippen molar-refractivity contribution in [2.75, 3.05) is 37.6 Å². The highest BCUT2D eigenvalue weighted by atomic mass is 32.1. The van der Waals surface area contributed by atoms with E-state index in [1.165, 1.54) is 0 Å². The predicted molar refractivity (Wildman–Crippen MR) is 185 cm³/mol. The third-order valence-corrected chi connectivity index (χ3v) is 8.17. The average molecular weight is 645 g/mol. The van der Waals surface area contributed by atoms with Gasteiger partial charge in [-0.05, 0) is 54.1 Å². The molecule has 0 spiro atoms. The summed E-state index contributed by atoms with van der Waals surface area (Å²) >= 11 is 5.64. The zero-order valence-electron chi connectivity index (χ0n) is 25.9. The van der Waals surface area contributed by atoms with Gasteiger partial charge in [-0.2, -0.15) is 0 Å². The SMILES string of the molecule is COc1cc(-c2nc3ccccn3c2-c2ccnc(Nc3ccccc3N3CC(OC)OCC3=S)n2)ccc1OCc1ccccc1. The van der Waals surface area contributed by atoms with E-state index >= 15 is 0 Å². The number of thiocarbonyl (C=S) groups is 1. The van der Waals surface area contributed by atoms with Crippen LogP contribution in [0.4, 0.5) is 17.3 Å². The first-order valence-electron chi connectivity index (χ1n) is 15.1. The molecule has 1 unspecified atom stereocenters. The van der Waals surface area contributed by atoms with Gasteiger partial charge in [0.25, 0.3) is 0 Å². The Balaban J connectivity index is 1.23. The molecule has 1 saturated heterocycles. The number of nitrogens with one attached hydrogen (secondary N) is 1. The number of rotatable bonds is 10. The molecule has 10 nitrogen and oxygen atoms in total. The lowest BCUT2D eigenvalue weighted by Gasteiger charge is -2.35. The maximum absolute atomic E-state index is 6.12. The van der Waals surface area contributed by atoms with Gasteiger partial charge in [0, 0.05) is 25.1 Å². The lowest BCUT2D eigenvalue weighted by molar-refractivity contribution is -0.110. The molecule has 4 heterocycles. The summed E-state index contributed by atoms with van der Waals surface area (Å²) in [6, 6.07) is 31.6. The molecule has 0 amide bonds. The molecule has 0 bridgehead atoms. The molecule has 1 aliphatic heterocycles. The highest BCUT2D eigenvalue weighted by molar-refractivity contribution is 7.80. The minimum absolute atomic E-state index is 0.302. The van der Waals surface area contributed by atoms with Crippen LogP contribution in [-0.4, -0.2) is 58.0 Å². The van der Waals surface area contributed by atoms with E-state index in [0.29, 0.717) is 47.9 Å². The first-order valence-corrected chi connectivity index (χ1v) is 15.5. The van der Waals surface area contributed by atoms with Crippen LogP contribution in [0.2, 0.25) is 0 Å². The van der Waals surface area contributed by atoms with Crippen molar-refractivity contribution in [1.82, 2.24) is 19.4 Å². The number of methoxy groups -OCH3 is 2. The van der Waals surface area contributed by atoms with Crippen LogP contribution in [0.1, 0.15) is 5.56 Å². The van der Waals surface area contributed by atoms with Gasteiger partial charge in [-0.1, -0.05) is 60.7 Å². The van der Waals surface area contributed by atoms with Crippen molar-refractivity contribution in [3.05, 3.63) is 115 Å². The van der Waals surface area contributed by atoms with Crippen molar-refractivity contribution in [3.8, 4) is 34.1 Å². The summed E-state index contributed by atoms with van der Waals surface area (Å²) in [6.45, 7) is 1.20. The first kappa shape index (κ1) is 30.3. The van der Waals surface area contributed by atoms with Gasteiger partial charge in [0.05, 0.1) is 42.1 Å². The molecular formula is C36H32N6O4S. The van der Waals surface area contributed by atoms with Gasteiger partial charge in [-0.3, -0.25) is 4.40 Å². The second kappa shape index (κ2) is 13.6. The molecule has 1 aliphatic rings. The molecule has 3 aromatic carbocycles. The van der Waals surface area contributed by atoms with E-state index in [4.69, 9.17) is 41.1 Å². The van der Waals surface area contributed by atoms with Gasteiger partial charge < -0.3 is 29.2 Å². The summed E-state index contributed by atoms with van der Waals surface area (Å²) in [7, 11) is 3.26. The molecule has 0 aliphatic carbocycles. The van der Waals surface area contributed by atoms with Crippen LogP contribution in [0, 0.1) is 0 Å².